The summed E-state index contributed by atoms with van der Waals surface area (Å²) >= 11 is 1.82. The Bertz CT molecular complexity index is 437. The number of nitrogens with one attached hydrogen (secondary N) is 1. The standard InChI is InChI=1S/C9H10N2O3S/c12-8-6(9(13)14)3-10-7(11-8)5-1-2-15-4-5/h3,5H,1-2,4H2,(H,13,14)(H,10,11,12). The van der Waals surface area contributed by atoms with Crippen molar-refractivity contribution in [1.82, 2.24) is 9.97 Å². The van der Waals surface area contributed by atoms with Gasteiger partial charge >= 0.3 is 5.97 Å². The number of hydrogen-bond donors (Lipinski definition) is 2. The Morgan fingerprint density at radius 1 is 1.67 bits per heavy atom. The largest absolute Gasteiger partial charge is 0.477 e. The second-order valence-corrected chi connectivity index (χ2v) is 4.53. The van der Waals surface area contributed by atoms with Gasteiger partial charge in [0.25, 0.3) is 5.56 Å². The normalized spacial score (nSPS) is 20.4. The lowest BCUT2D eigenvalue weighted by Crippen LogP contribution is -2.21. The van der Waals surface area contributed by atoms with E-state index in [0.717, 1.165) is 24.1 Å². The number of rotatable bonds is 2. The Labute approximate surface area is 89.9 Å². The molecule has 0 spiro atoms. The topological polar surface area (TPSA) is 83.0 Å². The third kappa shape index (κ3) is 2.04. The number of nitrogens with zero attached hydrogens (tertiary/aromatic N) is 1. The molecule has 0 radical (unpaired) electrons. The summed E-state index contributed by atoms with van der Waals surface area (Å²) in [7, 11) is 0. The van der Waals surface area contributed by atoms with Gasteiger partial charge in [-0.1, -0.05) is 0 Å². The molecule has 1 aliphatic rings. The van der Waals surface area contributed by atoms with E-state index in [9.17, 15) is 9.59 Å². The SMILES string of the molecule is O=C(O)c1cnc(C2CCSC2)[nH]c1=O. The van der Waals surface area contributed by atoms with Crippen LogP contribution in [0.25, 0.3) is 0 Å². The van der Waals surface area contributed by atoms with E-state index >= 15 is 0 Å². The maximum absolute atomic E-state index is 11.4. The number of hydrogen-bond acceptors (Lipinski definition) is 4. The van der Waals surface area contributed by atoms with Gasteiger partial charge in [-0.25, -0.2) is 9.78 Å². The Balaban J connectivity index is 2.32. The summed E-state index contributed by atoms with van der Waals surface area (Å²) in [6.45, 7) is 0. The third-order valence-electron chi connectivity index (χ3n) is 2.37. The van der Waals surface area contributed by atoms with Crippen molar-refractivity contribution in [3.63, 3.8) is 0 Å². The van der Waals surface area contributed by atoms with E-state index in [2.05, 4.69) is 9.97 Å². The molecule has 2 N–H and O–H groups in total. The molecule has 15 heavy (non-hydrogen) atoms. The highest BCUT2D eigenvalue weighted by atomic mass is 32.2. The second-order valence-electron chi connectivity index (χ2n) is 3.38. The van der Waals surface area contributed by atoms with Crippen molar-refractivity contribution in [2.24, 2.45) is 0 Å². The van der Waals surface area contributed by atoms with Gasteiger partial charge in [0.2, 0.25) is 0 Å². The van der Waals surface area contributed by atoms with Crippen LogP contribution >= 0.6 is 11.8 Å². The molecule has 0 amide bonds. The zero-order chi connectivity index (χ0) is 10.8. The van der Waals surface area contributed by atoms with Crippen LogP contribution in [0, 0.1) is 0 Å². The Hall–Kier alpha value is -1.30. The lowest BCUT2D eigenvalue weighted by molar-refractivity contribution is 0.0694. The van der Waals surface area contributed by atoms with E-state index in [-0.39, 0.29) is 11.5 Å². The number of aromatic nitrogens is 2. The van der Waals surface area contributed by atoms with Crippen molar-refractivity contribution in [3.05, 3.63) is 27.9 Å². The Morgan fingerprint density at radius 3 is 3.00 bits per heavy atom. The fraction of sp³-hybridized carbons (Fsp3) is 0.444. The summed E-state index contributed by atoms with van der Waals surface area (Å²) in [5, 5.41) is 8.66. The van der Waals surface area contributed by atoms with E-state index in [1.165, 1.54) is 0 Å². The minimum absolute atomic E-state index is 0.255. The molecule has 0 aromatic carbocycles. The Kier molecular flexibility index (Phi) is 2.77. The van der Waals surface area contributed by atoms with Crippen LogP contribution in [0.2, 0.25) is 0 Å². The van der Waals surface area contributed by atoms with Crippen LogP contribution in [0.3, 0.4) is 0 Å². The minimum Gasteiger partial charge on any atom is -0.477 e. The van der Waals surface area contributed by atoms with Gasteiger partial charge in [0.15, 0.2) is 0 Å². The quantitative estimate of drug-likeness (QED) is 0.775. The molecule has 80 valence electrons. The molecule has 1 fully saturated rings. The lowest BCUT2D eigenvalue weighted by Gasteiger charge is -2.06. The molecule has 1 atom stereocenters. The minimum atomic E-state index is -1.24. The van der Waals surface area contributed by atoms with Crippen LogP contribution < -0.4 is 5.56 Å². The first-order valence-corrected chi connectivity index (χ1v) is 5.74. The molecular formula is C9H10N2O3S. The fourth-order valence-electron chi connectivity index (χ4n) is 1.52. The van der Waals surface area contributed by atoms with Gasteiger partial charge in [0.1, 0.15) is 11.4 Å². The molecule has 1 aromatic heterocycles. The van der Waals surface area contributed by atoms with Crippen molar-refractivity contribution in [2.75, 3.05) is 11.5 Å². The number of aromatic amines is 1. The first-order valence-electron chi connectivity index (χ1n) is 4.58. The van der Waals surface area contributed by atoms with Crippen LogP contribution in [0.1, 0.15) is 28.5 Å². The number of carbonyl (C=O) groups is 1. The molecule has 1 unspecified atom stereocenters. The molecule has 2 heterocycles. The summed E-state index contributed by atoms with van der Waals surface area (Å²) in [4.78, 5) is 28.5. The lowest BCUT2D eigenvalue weighted by atomic mass is 10.1. The highest BCUT2D eigenvalue weighted by molar-refractivity contribution is 7.99. The molecule has 1 saturated heterocycles. The van der Waals surface area contributed by atoms with Crippen LogP contribution in [0.5, 0.6) is 0 Å². The molecule has 0 bridgehead atoms. The van der Waals surface area contributed by atoms with Crippen LogP contribution in [-0.2, 0) is 0 Å². The smallest absolute Gasteiger partial charge is 0.342 e. The van der Waals surface area contributed by atoms with E-state index in [1.54, 1.807) is 0 Å². The van der Waals surface area contributed by atoms with Gasteiger partial charge in [0, 0.05) is 17.9 Å². The predicted octanol–water partition coefficient (Wildman–Crippen LogP) is 0.689. The molecule has 1 aromatic rings. The van der Waals surface area contributed by atoms with E-state index in [4.69, 9.17) is 5.11 Å². The van der Waals surface area contributed by atoms with E-state index < -0.39 is 11.5 Å². The van der Waals surface area contributed by atoms with Crippen molar-refractivity contribution < 1.29 is 9.90 Å². The summed E-state index contributed by atoms with van der Waals surface area (Å²) < 4.78 is 0. The summed E-state index contributed by atoms with van der Waals surface area (Å²) in [5.74, 6) is 1.63. The number of thioether (sulfide) groups is 1. The van der Waals surface area contributed by atoms with E-state index in [1.807, 2.05) is 11.8 Å². The molecule has 5 nitrogen and oxygen atoms in total. The average Bonchev–Trinajstić information content (AvgIpc) is 2.69. The van der Waals surface area contributed by atoms with Crippen molar-refractivity contribution in [2.45, 2.75) is 12.3 Å². The Morgan fingerprint density at radius 2 is 2.47 bits per heavy atom. The first-order chi connectivity index (χ1) is 7.18. The molecule has 0 aliphatic carbocycles. The van der Waals surface area contributed by atoms with E-state index in [0.29, 0.717) is 5.82 Å². The number of aromatic carboxylic acids is 1. The zero-order valence-electron chi connectivity index (χ0n) is 7.90. The zero-order valence-corrected chi connectivity index (χ0v) is 8.71. The highest BCUT2D eigenvalue weighted by Crippen LogP contribution is 2.29. The molecule has 6 heteroatoms. The predicted molar refractivity (Wildman–Crippen MR) is 56.5 cm³/mol. The number of carboxylic acids is 1. The molecular weight excluding hydrogens is 216 g/mol. The van der Waals surface area contributed by atoms with Crippen LogP contribution in [0.4, 0.5) is 0 Å². The molecule has 1 aliphatic heterocycles. The highest BCUT2D eigenvalue weighted by Gasteiger charge is 2.20. The summed E-state index contributed by atoms with van der Waals surface area (Å²) in [6.07, 6.45) is 2.12. The summed E-state index contributed by atoms with van der Waals surface area (Å²) in [6, 6.07) is 0. The molecule has 2 rings (SSSR count). The number of carboxylic acid groups (broad SMARTS) is 1. The fourth-order valence-corrected chi connectivity index (χ4v) is 2.75. The second kappa shape index (κ2) is 4.06. The van der Waals surface area contributed by atoms with Gasteiger partial charge in [-0.15, -0.1) is 0 Å². The first kappa shape index (κ1) is 10.2. The van der Waals surface area contributed by atoms with Crippen molar-refractivity contribution >= 4 is 17.7 Å². The van der Waals surface area contributed by atoms with Crippen molar-refractivity contribution in [3.8, 4) is 0 Å². The van der Waals surface area contributed by atoms with Gasteiger partial charge in [-0.05, 0) is 12.2 Å². The monoisotopic (exact) mass is 226 g/mol. The third-order valence-corrected chi connectivity index (χ3v) is 3.53. The number of H-pyrrole nitrogens is 1. The molecule has 0 saturated carbocycles. The van der Waals surface area contributed by atoms with Gasteiger partial charge < -0.3 is 10.1 Å². The maximum Gasteiger partial charge on any atom is 0.342 e. The van der Waals surface area contributed by atoms with Crippen LogP contribution in [0.15, 0.2) is 11.0 Å². The van der Waals surface area contributed by atoms with Gasteiger partial charge in [0.05, 0.1) is 0 Å². The summed E-state index contributed by atoms with van der Waals surface area (Å²) in [5.41, 5.74) is -0.867. The average molecular weight is 226 g/mol. The van der Waals surface area contributed by atoms with Crippen LogP contribution in [-0.4, -0.2) is 32.5 Å². The van der Waals surface area contributed by atoms with Gasteiger partial charge in [-0.2, -0.15) is 11.8 Å². The van der Waals surface area contributed by atoms with Gasteiger partial charge in [-0.3, -0.25) is 4.79 Å². The van der Waals surface area contributed by atoms with Crippen molar-refractivity contribution in [1.29, 1.82) is 0 Å². The maximum atomic E-state index is 11.4.